The summed E-state index contributed by atoms with van der Waals surface area (Å²) in [4.78, 5) is 18.7. The largest absolute Gasteiger partial charge is 0.383 e. The molecule has 18 heavy (non-hydrogen) atoms. The van der Waals surface area contributed by atoms with Crippen LogP contribution in [0.4, 0.5) is 5.82 Å². The lowest BCUT2D eigenvalue weighted by Crippen LogP contribution is -2.21. The first-order chi connectivity index (χ1) is 8.43. The molecule has 100 valence electrons. The highest BCUT2D eigenvalue weighted by atomic mass is 32.2. The van der Waals surface area contributed by atoms with Gasteiger partial charge in [-0.15, -0.1) is 0 Å². The highest BCUT2D eigenvalue weighted by Crippen LogP contribution is 2.26. The van der Waals surface area contributed by atoms with E-state index < -0.39 is 9.84 Å². The van der Waals surface area contributed by atoms with Gasteiger partial charge in [-0.2, -0.15) is 0 Å². The minimum atomic E-state index is -2.99. The summed E-state index contributed by atoms with van der Waals surface area (Å²) in [7, 11) is -2.99. The van der Waals surface area contributed by atoms with Crippen molar-refractivity contribution < 1.29 is 8.42 Å². The van der Waals surface area contributed by atoms with Gasteiger partial charge in [0.2, 0.25) is 0 Å². The smallest absolute Gasteiger partial charge is 0.256 e. The van der Waals surface area contributed by atoms with Gasteiger partial charge in [-0.25, -0.2) is 13.4 Å². The Labute approximate surface area is 106 Å². The quantitative estimate of drug-likeness (QED) is 0.817. The van der Waals surface area contributed by atoms with Crippen LogP contribution in [0.25, 0.3) is 0 Å². The fourth-order valence-electron chi connectivity index (χ4n) is 2.23. The average molecular weight is 271 g/mol. The Balaban J connectivity index is 2.34. The Bertz CT molecular complexity index is 606. The molecule has 0 aromatic carbocycles. The van der Waals surface area contributed by atoms with E-state index in [-0.39, 0.29) is 28.8 Å². The summed E-state index contributed by atoms with van der Waals surface area (Å²) in [5, 5.41) is 0. The molecule has 0 saturated carbocycles. The number of H-pyrrole nitrogens is 1. The van der Waals surface area contributed by atoms with E-state index in [1.165, 1.54) is 0 Å². The van der Waals surface area contributed by atoms with E-state index in [4.69, 9.17) is 5.73 Å². The summed E-state index contributed by atoms with van der Waals surface area (Å²) in [6.45, 7) is 1.95. The van der Waals surface area contributed by atoms with Gasteiger partial charge < -0.3 is 10.7 Å². The third-order valence-corrected chi connectivity index (χ3v) is 4.95. The van der Waals surface area contributed by atoms with Crippen molar-refractivity contribution in [1.82, 2.24) is 9.97 Å². The topological polar surface area (TPSA) is 106 Å². The first kappa shape index (κ1) is 13.1. The zero-order valence-corrected chi connectivity index (χ0v) is 11.1. The second-order valence-corrected chi connectivity index (χ2v) is 6.89. The van der Waals surface area contributed by atoms with E-state index in [0.29, 0.717) is 24.2 Å². The lowest BCUT2D eigenvalue weighted by Gasteiger charge is -2.09. The normalized spacial score (nSPS) is 22.2. The highest BCUT2D eigenvalue weighted by Gasteiger charge is 2.31. The second kappa shape index (κ2) is 4.72. The summed E-state index contributed by atoms with van der Waals surface area (Å²) in [6.07, 6.45) is 1.89. The average Bonchev–Trinajstić information content (AvgIpc) is 2.64. The molecule has 0 spiro atoms. The molecule has 1 saturated heterocycles. The first-order valence-corrected chi connectivity index (χ1v) is 7.84. The summed E-state index contributed by atoms with van der Waals surface area (Å²) in [6, 6.07) is 0. The number of rotatable bonds is 3. The van der Waals surface area contributed by atoms with Crippen LogP contribution in [0.1, 0.15) is 37.1 Å². The van der Waals surface area contributed by atoms with Crippen LogP contribution in [0.3, 0.4) is 0 Å². The predicted octanol–water partition coefficient (Wildman–Crippen LogP) is 0.207. The molecule has 0 aliphatic carbocycles. The van der Waals surface area contributed by atoms with Gasteiger partial charge in [0.05, 0.1) is 17.1 Å². The monoisotopic (exact) mass is 271 g/mol. The number of nitrogens with one attached hydrogen (secondary N) is 1. The molecular weight excluding hydrogens is 254 g/mol. The molecule has 0 amide bonds. The molecule has 0 radical (unpaired) electrons. The van der Waals surface area contributed by atoms with Crippen molar-refractivity contribution in [1.29, 1.82) is 0 Å². The number of anilines is 1. The molecule has 1 unspecified atom stereocenters. The van der Waals surface area contributed by atoms with Crippen molar-refractivity contribution in [3.63, 3.8) is 0 Å². The molecule has 3 N–H and O–H groups in total. The fraction of sp³-hybridized carbons (Fsp3) is 0.636. The first-order valence-electron chi connectivity index (χ1n) is 6.02. The zero-order chi connectivity index (χ0) is 13.3. The summed E-state index contributed by atoms with van der Waals surface area (Å²) in [5.74, 6) is 0.583. The Morgan fingerprint density at radius 1 is 1.50 bits per heavy atom. The van der Waals surface area contributed by atoms with Crippen LogP contribution in [0.5, 0.6) is 0 Å². The van der Waals surface area contributed by atoms with E-state index >= 15 is 0 Å². The molecule has 6 nitrogen and oxygen atoms in total. The number of aromatic amines is 1. The Morgan fingerprint density at radius 2 is 2.22 bits per heavy atom. The molecule has 1 atom stereocenters. The van der Waals surface area contributed by atoms with Gasteiger partial charge in [-0.3, -0.25) is 4.79 Å². The van der Waals surface area contributed by atoms with Crippen LogP contribution >= 0.6 is 0 Å². The maximum Gasteiger partial charge on any atom is 0.256 e. The lowest BCUT2D eigenvalue weighted by atomic mass is 10.1. The maximum absolute atomic E-state index is 11.8. The predicted molar refractivity (Wildman–Crippen MR) is 69.3 cm³/mol. The molecule has 2 rings (SSSR count). The molecule has 1 fully saturated rings. The van der Waals surface area contributed by atoms with E-state index in [9.17, 15) is 13.2 Å². The van der Waals surface area contributed by atoms with Crippen molar-refractivity contribution >= 4 is 15.7 Å². The zero-order valence-electron chi connectivity index (χ0n) is 10.3. The molecule has 1 aliphatic heterocycles. The van der Waals surface area contributed by atoms with Crippen molar-refractivity contribution in [3.8, 4) is 0 Å². The van der Waals surface area contributed by atoms with Gasteiger partial charge in [0.15, 0.2) is 9.84 Å². The van der Waals surface area contributed by atoms with Crippen molar-refractivity contribution in [2.75, 3.05) is 17.2 Å². The molecule has 1 aromatic rings. The number of hydrogen-bond acceptors (Lipinski definition) is 5. The number of hydrogen-bond donors (Lipinski definition) is 2. The van der Waals surface area contributed by atoms with Crippen LogP contribution in [-0.4, -0.2) is 29.9 Å². The van der Waals surface area contributed by atoms with Crippen LogP contribution < -0.4 is 11.3 Å². The van der Waals surface area contributed by atoms with E-state index in [0.717, 1.165) is 6.42 Å². The van der Waals surface area contributed by atoms with E-state index in [1.807, 2.05) is 6.92 Å². The summed E-state index contributed by atoms with van der Waals surface area (Å²) in [5.41, 5.74) is 6.00. The molecule has 1 aromatic heterocycles. The fourth-order valence-corrected chi connectivity index (χ4v) is 3.98. The third kappa shape index (κ3) is 2.55. The van der Waals surface area contributed by atoms with Crippen LogP contribution in [0.2, 0.25) is 0 Å². The van der Waals surface area contributed by atoms with E-state index in [2.05, 4.69) is 9.97 Å². The molecule has 1 aliphatic rings. The van der Waals surface area contributed by atoms with Gasteiger partial charge in [-0.05, 0) is 12.8 Å². The molecule has 7 heteroatoms. The molecular formula is C11H17N3O3S. The lowest BCUT2D eigenvalue weighted by molar-refractivity contribution is 0.601. The minimum Gasteiger partial charge on any atom is -0.383 e. The number of nitrogens with two attached hydrogens (primary N) is 1. The maximum atomic E-state index is 11.8. The Hall–Kier alpha value is -1.37. The number of sulfone groups is 1. The van der Waals surface area contributed by atoms with Crippen LogP contribution in [-0.2, 0) is 16.3 Å². The van der Waals surface area contributed by atoms with Crippen molar-refractivity contribution in [3.05, 3.63) is 21.7 Å². The Kier molecular flexibility index (Phi) is 3.43. The summed E-state index contributed by atoms with van der Waals surface area (Å²) >= 11 is 0. The van der Waals surface area contributed by atoms with Gasteiger partial charge >= 0.3 is 0 Å². The second-order valence-electron chi connectivity index (χ2n) is 4.66. The van der Waals surface area contributed by atoms with Gasteiger partial charge in [-0.1, -0.05) is 13.3 Å². The van der Waals surface area contributed by atoms with Crippen LogP contribution in [0, 0.1) is 0 Å². The number of nitrogen functional groups attached to an aromatic ring is 1. The van der Waals surface area contributed by atoms with Gasteiger partial charge in [0, 0.05) is 5.92 Å². The minimum absolute atomic E-state index is 0.0442. The van der Waals surface area contributed by atoms with Crippen LogP contribution in [0.15, 0.2) is 4.79 Å². The third-order valence-electron chi connectivity index (χ3n) is 3.18. The standard InChI is InChI=1S/C11H17N3O3S/c1-2-3-8-9(12)13-10(14-11(8)15)7-4-5-18(16,17)6-7/h7H,2-6H2,1H3,(H3,12,13,14,15). The Morgan fingerprint density at radius 3 is 2.72 bits per heavy atom. The number of aromatic nitrogens is 2. The summed E-state index contributed by atoms with van der Waals surface area (Å²) < 4.78 is 22.8. The van der Waals surface area contributed by atoms with Gasteiger partial charge in [0.25, 0.3) is 5.56 Å². The number of nitrogens with zero attached hydrogens (tertiary/aromatic N) is 1. The highest BCUT2D eigenvalue weighted by molar-refractivity contribution is 7.91. The molecule has 2 heterocycles. The van der Waals surface area contributed by atoms with Crippen molar-refractivity contribution in [2.45, 2.75) is 32.1 Å². The van der Waals surface area contributed by atoms with Gasteiger partial charge in [0.1, 0.15) is 11.6 Å². The van der Waals surface area contributed by atoms with Crippen molar-refractivity contribution in [2.24, 2.45) is 0 Å². The van der Waals surface area contributed by atoms with E-state index in [1.54, 1.807) is 0 Å². The molecule has 0 bridgehead atoms. The SMILES string of the molecule is CCCc1c(N)nc(C2CCS(=O)(=O)C2)[nH]c1=O.